The number of anilines is 1. The molecule has 0 saturated heterocycles. The van der Waals surface area contributed by atoms with E-state index in [0.29, 0.717) is 33.7 Å². The van der Waals surface area contributed by atoms with E-state index < -0.39 is 16.9 Å². The number of nitrogens with zero attached hydrogens (tertiary/aromatic N) is 4. The zero-order valence-electron chi connectivity index (χ0n) is 19.7. The minimum absolute atomic E-state index is 0.0699. The van der Waals surface area contributed by atoms with Crippen molar-refractivity contribution in [2.75, 3.05) is 11.9 Å². The topological polar surface area (TPSA) is 112 Å². The van der Waals surface area contributed by atoms with Gasteiger partial charge in [-0.25, -0.2) is 9.48 Å². The lowest BCUT2D eigenvalue weighted by Gasteiger charge is -2.27. The molecule has 10 heteroatoms. The number of hydrogen-bond acceptors (Lipinski definition) is 8. The van der Waals surface area contributed by atoms with Gasteiger partial charge in [0, 0.05) is 23.6 Å². The third-order valence-electron chi connectivity index (χ3n) is 5.91. The second-order valence-corrected chi connectivity index (χ2v) is 9.21. The van der Waals surface area contributed by atoms with Gasteiger partial charge in [0.2, 0.25) is 11.1 Å². The molecule has 0 spiro atoms. The predicted molar refractivity (Wildman–Crippen MR) is 138 cm³/mol. The molecular formula is C26H23N5O4S. The van der Waals surface area contributed by atoms with Crippen LogP contribution in [0.15, 0.2) is 83.2 Å². The van der Waals surface area contributed by atoms with Crippen LogP contribution < -0.4 is 5.32 Å². The quantitative estimate of drug-likeness (QED) is 0.153. The van der Waals surface area contributed by atoms with Gasteiger partial charge in [-0.05, 0) is 35.7 Å². The highest BCUT2D eigenvalue weighted by Crippen LogP contribution is 2.38. The lowest BCUT2D eigenvalue weighted by molar-refractivity contribution is -0.384. The van der Waals surface area contributed by atoms with Gasteiger partial charge in [0.05, 0.1) is 17.1 Å². The normalized spacial score (nSPS) is 14.9. The first-order valence-corrected chi connectivity index (χ1v) is 12.4. The summed E-state index contributed by atoms with van der Waals surface area (Å²) in [6.07, 6.45) is 0. The first-order valence-electron chi connectivity index (χ1n) is 11.4. The SMILES string of the molecule is CCOC(=O)C1=C(C)Nc2nc(SCc3ccc4ccccc4c3)nn2C1c1cccc([N+](=O)[O-])c1. The van der Waals surface area contributed by atoms with Gasteiger partial charge in [0.25, 0.3) is 5.69 Å². The van der Waals surface area contributed by atoms with Crippen molar-refractivity contribution in [3.8, 4) is 0 Å². The number of rotatable bonds is 7. The highest BCUT2D eigenvalue weighted by atomic mass is 32.2. The zero-order valence-corrected chi connectivity index (χ0v) is 20.5. The number of non-ortho nitro benzene ring substituents is 1. The number of allylic oxidation sites excluding steroid dienone is 1. The van der Waals surface area contributed by atoms with Gasteiger partial charge in [-0.15, -0.1) is 5.10 Å². The van der Waals surface area contributed by atoms with Crippen LogP contribution >= 0.6 is 11.8 Å². The van der Waals surface area contributed by atoms with Crippen LogP contribution in [0.5, 0.6) is 0 Å². The molecule has 0 amide bonds. The Kier molecular flexibility index (Phi) is 6.43. The highest BCUT2D eigenvalue weighted by molar-refractivity contribution is 7.98. The fourth-order valence-electron chi connectivity index (χ4n) is 4.26. The number of carbonyl (C=O) groups excluding carboxylic acids is 1. The molecule has 3 aromatic carbocycles. The van der Waals surface area contributed by atoms with Crippen LogP contribution in [-0.2, 0) is 15.3 Å². The van der Waals surface area contributed by atoms with E-state index in [1.807, 2.05) is 12.1 Å². The molecule has 0 radical (unpaired) electrons. The van der Waals surface area contributed by atoms with E-state index in [-0.39, 0.29) is 12.3 Å². The Morgan fingerprint density at radius 2 is 1.94 bits per heavy atom. The Bertz CT molecular complexity index is 1510. The summed E-state index contributed by atoms with van der Waals surface area (Å²) >= 11 is 1.48. The first-order chi connectivity index (χ1) is 17.4. The number of hydrogen-bond donors (Lipinski definition) is 1. The Hall–Kier alpha value is -4.18. The molecule has 5 rings (SSSR count). The van der Waals surface area contributed by atoms with Crippen molar-refractivity contribution >= 4 is 40.1 Å². The third-order valence-corrected chi connectivity index (χ3v) is 6.82. The van der Waals surface area contributed by atoms with Crippen molar-refractivity contribution in [1.82, 2.24) is 14.8 Å². The molecule has 1 unspecified atom stereocenters. The Labute approximate surface area is 211 Å². The molecule has 1 atom stereocenters. The van der Waals surface area contributed by atoms with Gasteiger partial charge >= 0.3 is 5.97 Å². The number of esters is 1. The largest absolute Gasteiger partial charge is 0.463 e. The number of thioether (sulfide) groups is 1. The monoisotopic (exact) mass is 501 g/mol. The number of carbonyl (C=O) groups is 1. The molecule has 2 heterocycles. The number of nitro groups is 1. The smallest absolute Gasteiger partial charge is 0.338 e. The Morgan fingerprint density at radius 3 is 2.72 bits per heavy atom. The molecule has 1 aliphatic rings. The van der Waals surface area contributed by atoms with Crippen LogP contribution in [0, 0.1) is 10.1 Å². The average Bonchev–Trinajstić information content (AvgIpc) is 3.29. The summed E-state index contributed by atoms with van der Waals surface area (Å²) in [6.45, 7) is 3.69. The van der Waals surface area contributed by atoms with Gasteiger partial charge < -0.3 is 10.1 Å². The number of ether oxygens (including phenoxy) is 1. The maximum absolute atomic E-state index is 12.9. The minimum atomic E-state index is -0.720. The molecule has 1 aromatic heterocycles. The summed E-state index contributed by atoms with van der Waals surface area (Å²) in [5.41, 5.74) is 2.51. The molecule has 0 bridgehead atoms. The summed E-state index contributed by atoms with van der Waals surface area (Å²) in [7, 11) is 0. The number of nitro benzene ring substituents is 1. The maximum atomic E-state index is 12.9. The van der Waals surface area contributed by atoms with Crippen LogP contribution in [0.3, 0.4) is 0 Å². The van der Waals surface area contributed by atoms with Gasteiger partial charge in [-0.3, -0.25) is 10.1 Å². The van der Waals surface area contributed by atoms with Crippen LogP contribution in [0.25, 0.3) is 10.8 Å². The maximum Gasteiger partial charge on any atom is 0.338 e. The third kappa shape index (κ3) is 4.55. The van der Waals surface area contributed by atoms with Gasteiger partial charge in [-0.2, -0.15) is 4.98 Å². The molecular weight excluding hydrogens is 478 g/mol. The number of nitrogens with one attached hydrogen (secondary N) is 1. The van der Waals surface area contributed by atoms with Crippen molar-refractivity contribution in [3.05, 3.63) is 99.2 Å². The Balaban J connectivity index is 1.49. The van der Waals surface area contributed by atoms with E-state index in [4.69, 9.17) is 4.74 Å². The second kappa shape index (κ2) is 9.82. The van der Waals surface area contributed by atoms with Crippen LogP contribution in [-0.4, -0.2) is 32.3 Å². The summed E-state index contributed by atoms with van der Waals surface area (Å²) in [6, 6.07) is 20.0. The van der Waals surface area contributed by atoms with Gasteiger partial charge in [-0.1, -0.05) is 66.4 Å². The summed E-state index contributed by atoms with van der Waals surface area (Å²) < 4.78 is 6.90. The Morgan fingerprint density at radius 1 is 1.14 bits per heavy atom. The number of aromatic nitrogens is 3. The van der Waals surface area contributed by atoms with Crippen molar-refractivity contribution in [3.63, 3.8) is 0 Å². The number of benzene rings is 3. The molecule has 0 saturated carbocycles. The fraction of sp³-hybridized carbons (Fsp3) is 0.192. The first kappa shape index (κ1) is 23.6. The molecule has 36 heavy (non-hydrogen) atoms. The molecule has 182 valence electrons. The average molecular weight is 502 g/mol. The van der Waals surface area contributed by atoms with Crippen molar-refractivity contribution in [1.29, 1.82) is 0 Å². The highest BCUT2D eigenvalue weighted by Gasteiger charge is 2.35. The lowest BCUT2D eigenvalue weighted by Crippen LogP contribution is -2.29. The van der Waals surface area contributed by atoms with E-state index in [1.54, 1.807) is 30.7 Å². The predicted octanol–water partition coefficient (Wildman–Crippen LogP) is 5.48. The summed E-state index contributed by atoms with van der Waals surface area (Å²) in [5, 5.41) is 22.1. The van der Waals surface area contributed by atoms with Crippen molar-refractivity contribution in [2.24, 2.45) is 0 Å². The molecule has 1 aliphatic heterocycles. The summed E-state index contributed by atoms with van der Waals surface area (Å²) in [5.74, 6) is 0.607. The lowest BCUT2D eigenvalue weighted by atomic mass is 9.95. The standard InChI is InChI=1S/C26H23N5O4S/c1-3-35-24(32)22-16(2)27-25-28-26(36-15-17-11-12-18-7-4-5-8-19(18)13-17)29-30(25)23(22)20-9-6-10-21(14-20)31(33)34/h4-14,23H,3,15H2,1-2H3,(H,27,28,29). The molecule has 9 nitrogen and oxygen atoms in total. The van der Waals surface area contributed by atoms with Crippen molar-refractivity contribution < 1.29 is 14.5 Å². The van der Waals surface area contributed by atoms with E-state index in [9.17, 15) is 14.9 Å². The fourth-order valence-corrected chi connectivity index (χ4v) is 5.03. The molecule has 1 N–H and O–H groups in total. The minimum Gasteiger partial charge on any atom is -0.463 e. The van der Waals surface area contributed by atoms with Crippen LogP contribution in [0.1, 0.15) is 31.0 Å². The van der Waals surface area contributed by atoms with Crippen molar-refractivity contribution in [2.45, 2.75) is 30.8 Å². The second-order valence-electron chi connectivity index (χ2n) is 8.27. The van der Waals surface area contributed by atoms with E-state index in [1.165, 1.54) is 34.7 Å². The van der Waals surface area contributed by atoms with Gasteiger partial charge in [0.1, 0.15) is 6.04 Å². The van der Waals surface area contributed by atoms with E-state index in [2.05, 4.69) is 45.7 Å². The van der Waals surface area contributed by atoms with E-state index >= 15 is 0 Å². The molecule has 0 fully saturated rings. The molecule has 0 aliphatic carbocycles. The molecule has 4 aromatic rings. The zero-order chi connectivity index (χ0) is 25.2. The number of fused-ring (bicyclic) bond motifs is 2. The summed E-state index contributed by atoms with van der Waals surface area (Å²) in [4.78, 5) is 28.5. The van der Waals surface area contributed by atoms with Crippen LogP contribution in [0.4, 0.5) is 11.6 Å². The van der Waals surface area contributed by atoms with Gasteiger partial charge in [0.15, 0.2) is 0 Å². The van der Waals surface area contributed by atoms with E-state index in [0.717, 1.165) is 5.56 Å². The van der Waals surface area contributed by atoms with Crippen LogP contribution in [0.2, 0.25) is 0 Å².